The van der Waals surface area contributed by atoms with Crippen LogP contribution >= 0.6 is 0 Å². The monoisotopic (exact) mass is 273 g/mol. The summed E-state index contributed by atoms with van der Waals surface area (Å²) in [7, 11) is 0. The summed E-state index contributed by atoms with van der Waals surface area (Å²) < 4.78 is 0. The molecule has 3 rings (SSSR count). The van der Waals surface area contributed by atoms with Crippen LogP contribution in [0, 0.1) is 5.92 Å². The van der Waals surface area contributed by atoms with Crippen LogP contribution in [0.4, 0.5) is 0 Å². The normalized spacial score (nSPS) is 29.6. The third-order valence-electron chi connectivity index (χ3n) is 5.10. The maximum atomic E-state index is 11.5. The van der Waals surface area contributed by atoms with Gasteiger partial charge in [-0.2, -0.15) is 0 Å². The molecule has 0 spiro atoms. The van der Waals surface area contributed by atoms with Crippen LogP contribution in [-0.2, 0) is 11.2 Å². The van der Waals surface area contributed by atoms with E-state index in [9.17, 15) is 9.90 Å². The number of carboxylic acid groups (broad SMARTS) is 1. The second-order valence-corrected chi connectivity index (χ2v) is 6.25. The first-order valence-electron chi connectivity index (χ1n) is 7.73. The lowest BCUT2D eigenvalue weighted by atomic mass is 9.76. The van der Waals surface area contributed by atoms with Crippen LogP contribution in [0.15, 0.2) is 24.3 Å². The Balaban J connectivity index is 1.67. The van der Waals surface area contributed by atoms with E-state index in [-0.39, 0.29) is 6.04 Å². The van der Waals surface area contributed by atoms with Crippen molar-refractivity contribution in [3.05, 3.63) is 35.4 Å². The minimum atomic E-state index is -0.643. The lowest BCUT2D eigenvalue weighted by molar-refractivity contribution is -0.145. The highest BCUT2D eigenvalue weighted by Crippen LogP contribution is 2.37. The molecule has 3 heteroatoms. The van der Waals surface area contributed by atoms with Crippen molar-refractivity contribution in [1.82, 2.24) is 4.90 Å². The van der Waals surface area contributed by atoms with Crippen LogP contribution in [0.25, 0.3) is 0 Å². The molecule has 1 aromatic rings. The highest BCUT2D eigenvalue weighted by atomic mass is 16.4. The molecule has 3 unspecified atom stereocenters. The molecule has 20 heavy (non-hydrogen) atoms. The van der Waals surface area contributed by atoms with Gasteiger partial charge in [-0.1, -0.05) is 37.6 Å². The van der Waals surface area contributed by atoms with Crippen molar-refractivity contribution in [3.63, 3.8) is 0 Å². The quantitative estimate of drug-likeness (QED) is 0.917. The molecule has 0 aromatic heterocycles. The van der Waals surface area contributed by atoms with E-state index in [1.807, 2.05) is 0 Å². The van der Waals surface area contributed by atoms with Gasteiger partial charge in [0.1, 0.15) is 6.04 Å². The fourth-order valence-corrected chi connectivity index (χ4v) is 3.74. The lowest BCUT2D eigenvalue weighted by Gasteiger charge is -2.41. The Bertz CT molecular complexity index is 500. The van der Waals surface area contributed by atoms with Crippen LogP contribution in [0.3, 0.4) is 0 Å². The van der Waals surface area contributed by atoms with E-state index < -0.39 is 5.97 Å². The molecule has 3 nitrogen and oxygen atoms in total. The first-order chi connectivity index (χ1) is 9.69. The summed E-state index contributed by atoms with van der Waals surface area (Å²) in [6, 6.07) is 8.27. The maximum Gasteiger partial charge on any atom is 0.320 e. The third kappa shape index (κ3) is 2.47. The summed E-state index contributed by atoms with van der Waals surface area (Å²) in [5, 5.41) is 9.48. The van der Waals surface area contributed by atoms with Crippen molar-refractivity contribution < 1.29 is 9.90 Å². The predicted octanol–water partition coefficient (Wildman–Crippen LogP) is 2.90. The highest BCUT2D eigenvalue weighted by molar-refractivity contribution is 5.73. The van der Waals surface area contributed by atoms with E-state index in [1.54, 1.807) is 0 Å². The van der Waals surface area contributed by atoms with Gasteiger partial charge < -0.3 is 5.11 Å². The van der Waals surface area contributed by atoms with Gasteiger partial charge >= 0.3 is 5.97 Å². The Morgan fingerprint density at radius 2 is 2.20 bits per heavy atom. The Morgan fingerprint density at radius 1 is 1.40 bits per heavy atom. The largest absolute Gasteiger partial charge is 0.480 e. The number of rotatable bonds is 4. The lowest BCUT2D eigenvalue weighted by Crippen LogP contribution is -2.49. The molecule has 3 atom stereocenters. The maximum absolute atomic E-state index is 11.5. The van der Waals surface area contributed by atoms with Gasteiger partial charge in [0.15, 0.2) is 0 Å². The van der Waals surface area contributed by atoms with Gasteiger partial charge in [0.25, 0.3) is 0 Å². The fraction of sp³-hybridized carbons (Fsp3) is 0.588. The van der Waals surface area contributed by atoms with E-state index in [2.05, 4.69) is 36.1 Å². The number of piperidine rings is 1. The molecule has 0 bridgehead atoms. The summed E-state index contributed by atoms with van der Waals surface area (Å²) >= 11 is 0. The molecule has 1 N–H and O–H groups in total. The molecule has 1 aliphatic heterocycles. The molecule has 1 fully saturated rings. The van der Waals surface area contributed by atoms with Crippen molar-refractivity contribution in [1.29, 1.82) is 0 Å². The molecule has 0 radical (unpaired) electrons. The third-order valence-corrected chi connectivity index (χ3v) is 5.10. The second kappa shape index (κ2) is 5.57. The Hall–Kier alpha value is -1.35. The number of carbonyl (C=O) groups is 1. The average molecular weight is 273 g/mol. The van der Waals surface area contributed by atoms with E-state index >= 15 is 0 Å². The molecule has 1 heterocycles. The number of hydrogen-bond donors (Lipinski definition) is 1. The van der Waals surface area contributed by atoms with Crippen molar-refractivity contribution in [2.75, 3.05) is 13.1 Å². The summed E-state index contributed by atoms with van der Waals surface area (Å²) in [5.41, 5.74) is 2.86. The molecule has 108 valence electrons. The molecule has 0 amide bonds. The van der Waals surface area contributed by atoms with Crippen LogP contribution in [0.2, 0.25) is 0 Å². The van der Waals surface area contributed by atoms with E-state index in [1.165, 1.54) is 11.1 Å². The van der Waals surface area contributed by atoms with Crippen LogP contribution < -0.4 is 0 Å². The summed E-state index contributed by atoms with van der Waals surface area (Å²) in [6.07, 6.45) is 4.18. The number of benzene rings is 1. The number of aliphatic carboxylic acids is 1. The fourth-order valence-electron chi connectivity index (χ4n) is 3.74. The number of likely N-dealkylation sites (tertiary alicyclic amines) is 1. The standard InChI is InChI=1S/C17H23NO2/c1-2-12-7-8-18(16(9-12)17(19)20)11-14-10-13-5-3-4-6-15(13)14/h3-6,12,14,16H,2,7-11H2,1H3,(H,19,20). The van der Waals surface area contributed by atoms with Crippen molar-refractivity contribution in [2.45, 2.75) is 44.6 Å². The summed E-state index contributed by atoms with van der Waals surface area (Å²) in [4.78, 5) is 13.7. The Kier molecular flexibility index (Phi) is 3.79. The Morgan fingerprint density at radius 3 is 2.90 bits per heavy atom. The first kappa shape index (κ1) is 13.6. The zero-order chi connectivity index (χ0) is 14.1. The number of hydrogen-bond acceptors (Lipinski definition) is 2. The molecule has 0 saturated carbocycles. The minimum Gasteiger partial charge on any atom is -0.480 e. The molecular weight excluding hydrogens is 250 g/mol. The van der Waals surface area contributed by atoms with Gasteiger partial charge in [0, 0.05) is 12.5 Å². The second-order valence-electron chi connectivity index (χ2n) is 6.25. The smallest absolute Gasteiger partial charge is 0.320 e. The highest BCUT2D eigenvalue weighted by Gasteiger charge is 2.36. The molecule has 1 aromatic carbocycles. The number of carboxylic acids is 1. The SMILES string of the molecule is CCC1CCN(CC2Cc3ccccc32)C(C(=O)O)C1. The number of nitrogens with zero attached hydrogens (tertiary/aromatic N) is 1. The zero-order valence-electron chi connectivity index (χ0n) is 12.1. The molecule has 1 saturated heterocycles. The van der Waals surface area contributed by atoms with Gasteiger partial charge in [-0.05, 0) is 42.9 Å². The van der Waals surface area contributed by atoms with E-state index in [0.29, 0.717) is 11.8 Å². The minimum absolute atomic E-state index is 0.276. The summed E-state index contributed by atoms with van der Waals surface area (Å²) in [6.45, 7) is 4.01. The van der Waals surface area contributed by atoms with Gasteiger partial charge in [0.05, 0.1) is 0 Å². The average Bonchev–Trinajstić information content (AvgIpc) is 2.44. The number of fused-ring (bicyclic) bond motifs is 1. The van der Waals surface area contributed by atoms with Crippen molar-refractivity contribution in [3.8, 4) is 0 Å². The van der Waals surface area contributed by atoms with E-state index in [0.717, 1.165) is 38.8 Å². The predicted molar refractivity (Wildman–Crippen MR) is 78.9 cm³/mol. The summed E-state index contributed by atoms with van der Waals surface area (Å²) in [5.74, 6) is 0.475. The van der Waals surface area contributed by atoms with Crippen molar-refractivity contribution in [2.24, 2.45) is 5.92 Å². The molecule has 1 aliphatic carbocycles. The van der Waals surface area contributed by atoms with E-state index in [4.69, 9.17) is 0 Å². The topological polar surface area (TPSA) is 40.5 Å². The Labute approximate surface area is 120 Å². The van der Waals surface area contributed by atoms with Gasteiger partial charge in [-0.25, -0.2) is 0 Å². The van der Waals surface area contributed by atoms with Gasteiger partial charge in [0.2, 0.25) is 0 Å². The van der Waals surface area contributed by atoms with Crippen LogP contribution in [0.5, 0.6) is 0 Å². The molecular formula is C17H23NO2. The van der Waals surface area contributed by atoms with Crippen molar-refractivity contribution >= 4 is 5.97 Å². The van der Waals surface area contributed by atoms with Crippen LogP contribution in [0.1, 0.15) is 43.2 Å². The first-order valence-corrected chi connectivity index (χ1v) is 7.73. The van der Waals surface area contributed by atoms with Gasteiger partial charge in [-0.3, -0.25) is 9.69 Å². The van der Waals surface area contributed by atoms with Crippen LogP contribution in [-0.4, -0.2) is 35.1 Å². The zero-order valence-corrected chi connectivity index (χ0v) is 12.1. The molecule has 2 aliphatic rings. The van der Waals surface area contributed by atoms with Gasteiger partial charge in [-0.15, -0.1) is 0 Å².